The van der Waals surface area contributed by atoms with E-state index >= 15 is 0 Å². The molecule has 0 spiro atoms. The largest absolute Gasteiger partial charge is 0.478 e. The van der Waals surface area contributed by atoms with Crippen LogP contribution in [0, 0.1) is 0 Å². The first-order valence-corrected chi connectivity index (χ1v) is 6.26. The van der Waals surface area contributed by atoms with Gasteiger partial charge < -0.3 is 9.84 Å². The highest BCUT2D eigenvalue weighted by Gasteiger charge is 2.13. The summed E-state index contributed by atoms with van der Waals surface area (Å²) in [6.45, 7) is 0. The Morgan fingerprint density at radius 3 is 2.16 bits per heavy atom. The average Bonchev–Trinajstić information content (AvgIpc) is 2.26. The van der Waals surface area contributed by atoms with Crippen LogP contribution in [-0.2, 0) is 0 Å². The van der Waals surface area contributed by atoms with E-state index in [1.54, 1.807) is 6.07 Å². The first-order chi connectivity index (χ1) is 8.95. The molecule has 98 valence electrons. The lowest BCUT2D eigenvalue weighted by Gasteiger charge is -2.09. The van der Waals surface area contributed by atoms with Gasteiger partial charge in [0.15, 0.2) is 0 Å². The second-order valence-corrected chi connectivity index (χ2v) is 4.96. The first kappa shape index (κ1) is 14.0. The van der Waals surface area contributed by atoms with Crippen molar-refractivity contribution in [2.24, 2.45) is 0 Å². The fraction of sp³-hybridized carbons (Fsp3) is 0. The minimum absolute atomic E-state index is 0.000461. The molecule has 0 saturated heterocycles. The minimum atomic E-state index is -1.11. The molecule has 0 aliphatic heterocycles. The molecule has 2 rings (SSSR count). The Labute approximate surface area is 124 Å². The van der Waals surface area contributed by atoms with Crippen LogP contribution in [0.15, 0.2) is 36.4 Å². The molecule has 0 unspecified atom stereocenters. The molecule has 19 heavy (non-hydrogen) atoms. The van der Waals surface area contributed by atoms with E-state index in [1.165, 1.54) is 30.3 Å². The van der Waals surface area contributed by atoms with E-state index in [0.717, 1.165) is 0 Å². The molecule has 0 amide bonds. The van der Waals surface area contributed by atoms with Crippen LogP contribution in [0.4, 0.5) is 0 Å². The maximum Gasteiger partial charge on any atom is 0.339 e. The van der Waals surface area contributed by atoms with Crippen LogP contribution in [0.2, 0.25) is 15.1 Å². The van der Waals surface area contributed by atoms with Crippen molar-refractivity contribution in [2.75, 3.05) is 0 Å². The Morgan fingerprint density at radius 2 is 1.58 bits per heavy atom. The Bertz CT molecular complexity index is 621. The van der Waals surface area contributed by atoms with Gasteiger partial charge in [-0.1, -0.05) is 34.8 Å². The van der Waals surface area contributed by atoms with Crippen molar-refractivity contribution >= 4 is 40.8 Å². The fourth-order valence-electron chi connectivity index (χ4n) is 1.47. The zero-order chi connectivity index (χ0) is 14.0. The molecule has 2 aromatic rings. The molecule has 3 nitrogen and oxygen atoms in total. The number of benzene rings is 2. The molecule has 0 aliphatic carbocycles. The topological polar surface area (TPSA) is 46.5 Å². The van der Waals surface area contributed by atoms with E-state index in [0.29, 0.717) is 20.8 Å². The zero-order valence-electron chi connectivity index (χ0n) is 9.36. The van der Waals surface area contributed by atoms with Crippen LogP contribution in [-0.4, -0.2) is 11.1 Å². The Kier molecular flexibility index (Phi) is 4.20. The van der Waals surface area contributed by atoms with Gasteiger partial charge in [-0.05, 0) is 30.3 Å². The van der Waals surface area contributed by atoms with Crippen LogP contribution >= 0.6 is 34.8 Å². The van der Waals surface area contributed by atoms with Gasteiger partial charge in [0.05, 0.1) is 0 Å². The van der Waals surface area contributed by atoms with Crippen molar-refractivity contribution in [2.45, 2.75) is 0 Å². The third kappa shape index (κ3) is 3.53. The quantitative estimate of drug-likeness (QED) is 0.853. The normalized spacial score (nSPS) is 10.3. The lowest BCUT2D eigenvalue weighted by molar-refractivity contribution is 0.0694. The Hall–Kier alpha value is -1.42. The number of carbonyl (C=O) groups is 1. The summed E-state index contributed by atoms with van der Waals surface area (Å²) in [6, 6.07) is 8.86. The molecule has 0 aromatic heterocycles. The molecule has 1 N–H and O–H groups in total. The predicted molar refractivity (Wildman–Crippen MR) is 74.9 cm³/mol. The van der Waals surface area contributed by atoms with E-state index in [9.17, 15) is 4.79 Å². The molecule has 6 heteroatoms. The van der Waals surface area contributed by atoms with Gasteiger partial charge >= 0.3 is 5.97 Å². The third-order valence-corrected chi connectivity index (χ3v) is 2.91. The van der Waals surface area contributed by atoms with E-state index in [-0.39, 0.29) is 11.3 Å². The molecule has 0 bridgehead atoms. The minimum Gasteiger partial charge on any atom is -0.478 e. The molecule has 0 radical (unpaired) electrons. The highest BCUT2D eigenvalue weighted by molar-refractivity contribution is 6.34. The van der Waals surface area contributed by atoms with E-state index in [4.69, 9.17) is 44.6 Å². The van der Waals surface area contributed by atoms with Crippen LogP contribution < -0.4 is 4.74 Å². The second-order valence-electron chi connectivity index (χ2n) is 3.65. The number of halogens is 3. The summed E-state index contributed by atoms with van der Waals surface area (Å²) in [5, 5.41) is 10.2. The molecule has 0 aliphatic rings. The summed E-state index contributed by atoms with van der Waals surface area (Å²) >= 11 is 17.5. The van der Waals surface area contributed by atoms with Crippen molar-refractivity contribution in [1.82, 2.24) is 0 Å². The number of carboxylic acids is 1. The van der Waals surface area contributed by atoms with Crippen LogP contribution in [0.25, 0.3) is 0 Å². The number of hydrogen-bond donors (Lipinski definition) is 1. The van der Waals surface area contributed by atoms with Gasteiger partial charge in [-0.15, -0.1) is 0 Å². The van der Waals surface area contributed by atoms with E-state index in [2.05, 4.69) is 0 Å². The van der Waals surface area contributed by atoms with Gasteiger partial charge in [-0.25, -0.2) is 4.79 Å². The van der Waals surface area contributed by atoms with Crippen LogP contribution in [0.3, 0.4) is 0 Å². The zero-order valence-corrected chi connectivity index (χ0v) is 11.6. The highest BCUT2D eigenvalue weighted by atomic mass is 35.5. The Morgan fingerprint density at radius 1 is 0.947 bits per heavy atom. The van der Waals surface area contributed by atoms with Gasteiger partial charge in [0, 0.05) is 21.1 Å². The fourth-order valence-corrected chi connectivity index (χ4v) is 2.14. The molecule has 0 heterocycles. The first-order valence-electron chi connectivity index (χ1n) is 5.12. The molecule has 0 saturated carbocycles. The van der Waals surface area contributed by atoms with Gasteiger partial charge in [-0.2, -0.15) is 0 Å². The SMILES string of the molecule is O=C(O)c1ccc(Cl)cc1Oc1cc(Cl)cc(Cl)c1. The predicted octanol–water partition coefficient (Wildman–Crippen LogP) is 5.14. The summed E-state index contributed by atoms with van der Waals surface area (Å²) in [5.41, 5.74) is 0.000461. The molecule has 2 aromatic carbocycles. The van der Waals surface area contributed by atoms with Crippen molar-refractivity contribution in [1.29, 1.82) is 0 Å². The standard InChI is InChI=1S/C13H7Cl3O3/c14-7-1-2-11(13(17)18)12(6-7)19-10-4-8(15)3-9(16)5-10/h1-6H,(H,17,18). The number of hydrogen-bond acceptors (Lipinski definition) is 2. The molecular weight excluding hydrogens is 310 g/mol. The van der Waals surface area contributed by atoms with Gasteiger partial charge in [0.1, 0.15) is 17.1 Å². The lowest BCUT2D eigenvalue weighted by atomic mass is 10.2. The maximum absolute atomic E-state index is 11.1. The van der Waals surface area contributed by atoms with Gasteiger partial charge in [-0.3, -0.25) is 0 Å². The van der Waals surface area contributed by atoms with Crippen molar-refractivity contribution in [3.05, 3.63) is 57.0 Å². The van der Waals surface area contributed by atoms with Gasteiger partial charge in [0.25, 0.3) is 0 Å². The summed E-state index contributed by atoms with van der Waals surface area (Å²) in [6.07, 6.45) is 0. The molecular formula is C13H7Cl3O3. The Balaban J connectivity index is 2.42. The number of aromatic carboxylic acids is 1. The highest BCUT2D eigenvalue weighted by Crippen LogP contribution is 2.31. The average molecular weight is 318 g/mol. The van der Waals surface area contributed by atoms with Crippen molar-refractivity contribution in [3.8, 4) is 11.5 Å². The second kappa shape index (κ2) is 5.70. The van der Waals surface area contributed by atoms with Crippen molar-refractivity contribution < 1.29 is 14.6 Å². The van der Waals surface area contributed by atoms with Crippen LogP contribution in [0.5, 0.6) is 11.5 Å². The summed E-state index contributed by atoms with van der Waals surface area (Å²) in [4.78, 5) is 11.1. The number of rotatable bonds is 3. The van der Waals surface area contributed by atoms with Crippen LogP contribution in [0.1, 0.15) is 10.4 Å². The third-order valence-electron chi connectivity index (χ3n) is 2.24. The van der Waals surface area contributed by atoms with Crippen molar-refractivity contribution in [3.63, 3.8) is 0 Å². The monoisotopic (exact) mass is 316 g/mol. The molecule has 0 atom stereocenters. The smallest absolute Gasteiger partial charge is 0.339 e. The summed E-state index contributed by atoms with van der Waals surface area (Å²) < 4.78 is 5.48. The lowest BCUT2D eigenvalue weighted by Crippen LogP contribution is -1.99. The number of carboxylic acid groups (broad SMARTS) is 1. The van der Waals surface area contributed by atoms with E-state index < -0.39 is 5.97 Å². The summed E-state index contributed by atoms with van der Waals surface area (Å²) in [5.74, 6) is -0.652. The summed E-state index contributed by atoms with van der Waals surface area (Å²) in [7, 11) is 0. The maximum atomic E-state index is 11.1. The van der Waals surface area contributed by atoms with Gasteiger partial charge in [0.2, 0.25) is 0 Å². The number of ether oxygens (including phenoxy) is 1. The molecule has 0 fully saturated rings. The van der Waals surface area contributed by atoms with E-state index in [1.807, 2.05) is 0 Å².